The van der Waals surface area contributed by atoms with E-state index >= 15 is 0 Å². The van der Waals surface area contributed by atoms with Gasteiger partial charge in [0.2, 0.25) is 0 Å². The minimum Gasteiger partial charge on any atom is -0.464 e. The van der Waals surface area contributed by atoms with Crippen molar-refractivity contribution in [1.82, 2.24) is 0 Å². The maximum atomic E-state index is 12.0. The van der Waals surface area contributed by atoms with E-state index in [9.17, 15) is 4.79 Å². The molecular weight excluding hydrogens is 226 g/mol. The van der Waals surface area contributed by atoms with Crippen LogP contribution in [0.2, 0.25) is 0 Å². The van der Waals surface area contributed by atoms with Crippen LogP contribution in [0, 0.1) is 0 Å². The number of unbranched alkanes of at least 4 members (excludes halogenated alkanes) is 1. The summed E-state index contributed by atoms with van der Waals surface area (Å²) in [6.07, 6.45) is 3.01. The molecule has 0 aliphatic carbocycles. The molecule has 1 aromatic carbocycles. The summed E-state index contributed by atoms with van der Waals surface area (Å²) in [6, 6.07) is 8.14. The Morgan fingerprint density at radius 2 is 2.17 bits per heavy atom. The predicted molar refractivity (Wildman–Crippen MR) is 72.8 cm³/mol. The SMILES string of the molecule is CCCCN1c2ccccc2CC1C(=O)OCC. The van der Waals surface area contributed by atoms with Crippen molar-refractivity contribution >= 4 is 11.7 Å². The number of carbonyl (C=O) groups excluding carboxylic acids is 1. The first-order chi connectivity index (χ1) is 8.77. The van der Waals surface area contributed by atoms with E-state index in [-0.39, 0.29) is 12.0 Å². The van der Waals surface area contributed by atoms with Crippen LogP contribution in [0.1, 0.15) is 32.3 Å². The van der Waals surface area contributed by atoms with E-state index < -0.39 is 0 Å². The molecule has 0 radical (unpaired) electrons. The van der Waals surface area contributed by atoms with Gasteiger partial charge in [0.15, 0.2) is 0 Å². The second-order valence-electron chi connectivity index (χ2n) is 4.65. The van der Waals surface area contributed by atoms with Crippen LogP contribution >= 0.6 is 0 Å². The number of carbonyl (C=O) groups is 1. The Kier molecular flexibility index (Phi) is 4.24. The standard InChI is InChI=1S/C15H21NO2/c1-3-5-10-16-13-9-7-6-8-12(13)11-14(16)15(17)18-4-2/h6-9,14H,3-5,10-11H2,1-2H3. The molecular formula is C15H21NO2. The van der Waals surface area contributed by atoms with E-state index in [1.807, 2.05) is 19.1 Å². The smallest absolute Gasteiger partial charge is 0.329 e. The molecule has 0 amide bonds. The first-order valence-corrected chi connectivity index (χ1v) is 6.79. The van der Waals surface area contributed by atoms with Crippen LogP contribution < -0.4 is 4.90 Å². The Labute approximate surface area is 109 Å². The van der Waals surface area contributed by atoms with Crippen LogP contribution in [-0.2, 0) is 16.0 Å². The fourth-order valence-electron chi connectivity index (χ4n) is 2.50. The molecule has 0 saturated carbocycles. The molecule has 3 nitrogen and oxygen atoms in total. The third-order valence-electron chi connectivity index (χ3n) is 3.40. The molecule has 0 bridgehead atoms. The summed E-state index contributed by atoms with van der Waals surface area (Å²) in [5, 5.41) is 0. The molecule has 1 heterocycles. The van der Waals surface area contributed by atoms with Gasteiger partial charge >= 0.3 is 5.97 Å². The zero-order valence-electron chi connectivity index (χ0n) is 11.2. The quantitative estimate of drug-likeness (QED) is 0.749. The van der Waals surface area contributed by atoms with Gasteiger partial charge in [0.1, 0.15) is 6.04 Å². The van der Waals surface area contributed by atoms with E-state index in [2.05, 4.69) is 24.0 Å². The molecule has 98 valence electrons. The molecule has 0 fully saturated rings. The van der Waals surface area contributed by atoms with Crippen LogP contribution in [0.5, 0.6) is 0 Å². The van der Waals surface area contributed by atoms with Crippen molar-refractivity contribution in [2.24, 2.45) is 0 Å². The Morgan fingerprint density at radius 3 is 2.89 bits per heavy atom. The topological polar surface area (TPSA) is 29.5 Å². The number of rotatable bonds is 5. The van der Waals surface area contributed by atoms with Gasteiger partial charge in [-0.3, -0.25) is 0 Å². The molecule has 1 aromatic rings. The van der Waals surface area contributed by atoms with Gasteiger partial charge < -0.3 is 9.64 Å². The highest BCUT2D eigenvalue weighted by Gasteiger charge is 2.34. The number of hydrogen-bond donors (Lipinski definition) is 0. The normalized spacial score (nSPS) is 17.7. The Bertz CT molecular complexity index is 417. The summed E-state index contributed by atoms with van der Waals surface area (Å²) < 4.78 is 5.19. The maximum Gasteiger partial charge on any atom is 0.329 e. The minimum absolute atomic E-state index is 0.0928. The zero-order valence-corrected chi connectivity index (χ0v) is 11.2. The fraction of sp³-hybridized carbons (Fsp3) is 0.533. The molecule has 1 unspecified atom stereocenters. The summed E-state index contributed by atoms with van der Waals surface area (Å²) in [4.78, 5) is 14.2. The van der Waals surface area contributed by atoms with Gasteiger partial charge in [-0.05, 0) is 25.0 Å². The average Bonchev–Trinajstić information content (AvgIpc) is 2.75. The molecule has 1 aliphatic heterocycles. The molecule has 1 atom stereocenters. The van der Waals surface area contributed by atoms with Gasteiger partial charge in [0, 0.05) is 18.7 Å². The summed E-state index contributed by atoms with van der Waals surface area (Å²) in [6.45, 7) is 5.40. The molecule has 2 rings (SSSR count). The number of ether oxygens (including phenoxy) is 1. The minimum atomic E-state index is -0.131. The van der Waals surface area contributed by atoms with Crippen LogP contribution in [-0.4, -0.2) is 25.2 Å². The van der Waals surface area contributed by atoms with Crippen molar-refractivity contribution in [3.05, 3.63) is 29.8 Å². The Morgan fingerprint density at radius 1 is 1.39 bits per heavy atom. The zero-order chi connectivity index (χ0) is 13.0. The van der Waals surface area contributed by atoms with Crippen molar-refractivity contribution in [3.8, 4) is 0 Å². The van der Waals surface area contributed by atoms with Gasteiger partial charge in [-0.1, -0.05) is 31.5 Å². The number of benzene rings is 1. The van der Waals surface area contributed by atoms with Crippen molar-refractivity contribution in [1.29, 1.82) is 0 Å². The molecule has 1 aliphatic rings. The molecule has 3 heteroatoms. The first kappa shape index (κ1) is 12.9. The summed E-state index contributed by atoms with van der Waals surface area (Å²) >= 11 is 0. The predicted octanol–water partition coefficient (Wildman–Crippen LogP) is 2.78. The molecule has 0 spiro atoms. The second-order valence-corrected chi connectivity index (χ2v) is 4.65. The van der Waals surface area contributed by atoms with Gasteiger partial charge in [0.05, 0.1) is 6.61 Å². The van der Waals surface area contributed by atoms with Gasteiger partial charge in [-0.15, -0.1) is 0 Å². The molecule has 0 aromatic heterocycles. The molecule has 18 heavy (non-hydrogen) atoms. The van der Waals surface area contributed by atoms with Crippen molar-refractivity contribution in [2.45, 2.75) is 39.2 Å². The van der Waals surface area contributed by atoms with Crippen LogP contribution in [0.15, 0.2) is 24.3 Å². The van der Waals surface area contributed by atoms with Crippen molar-refractivity contribution in [3.63, 3.8) is 0 Å². The number of anilines is 1. The van der Waals surface area contributed by atoms with Crippen LogP contribution in [0.25, 0.3) is 0 Å². The highest BCUT2D eigenvalue weighted by atomic mass is 16.5. The van der Waals surface area contributed by atoms with E-state index in [4.69, 9.17) is 4.74 Å². The number of nitrogens with zero attached hydrogens (tertiary/aromatic N) is 1. The van der Waals surface area contributed by atoms with E-state index in [1.165, 1.54) is 11.3 Å². The fourth-order valence-corrected chi connectivity index (χ4v) is 2.50. The highest BCUT2D eigenvalue weighted by Crippen LogP contribution is 2.32. The summed E-state index contributed by atoms with van der Waals surface area (Å²) in [7, 11) is 0. The lowest BCUT2D eigenvalue weighted by Crippen LogP contribution is -2.40. The lowest BCUT2D eigenvalue weighted by molar-refractivity contribution is -0.144. The number of hydrogen-bond acceptors (Lipinski definition) is 3. The Hall–Kier alpha value is -1.51. The summed E-state index contributed by atoms with van der Waals surface area (Å²) in [5.74, 6) is -0.0928. The third-order valence-corrected chi connectivity index (χ3v) is 3.40. The van der Waals surface area contributed by atoms with Crippen molar-refractivity contribution in [2.75, 3.05) is 18.1 Å². The summed E-state index contributed by atoms with van der Waals surface area (Å²) in [5.41, 5.74) is 2.45. The highest BCUT2D eigenvalue weighted by molar-refractivity contribution is 5.83. The number of para-hydroxylation sites is 1. The average molecular weight is 247 g/mol. The van der Waals surface area contributed by atoms with Gasteiger partial charge in [-0.25, -0.2) is 4.79 Å². The maximum absolute atomic E-state index is 12.0. The van der Waals surface area contributed by atoms with Crippen LogP contribution in [0.3, 0.4) is 0 Å². The van der Waals surface area contributed by atoms with E-state index in [1.54, 1.807) is 0 Å². The second kappa shape index (κ2) is 5.89. The Balaban J connectivity index is 2.19. The van der Waals surface area contributed by atoms with E-state index in [0.29, 0.717) is 6.61 Å². The van der Waals surface area contributed by atoms with Crippen molar-refractivity contribution < 1.29 is 9.53 Å². The lowest BCUT2D eigenvalue weighted by Gasteiger charge is -2.25. The first-order valence-electron chi connectivity index (χ1n) is 6.79. The lowest BCUT2D eigenvalue weighted by atomic mass is 10.1. The molecule has 0 saturated heterocycles. The van der Waals surface area contributed by atoms with Gasteiger partial charge in [-0.2, -0.15) is 0 Å². The van der Waals surface area contributed by atoms with E-state index in [0.717, 1.165) is 25.8 Å². The van der Waals surface area contributed by atoms with Gasteiger partial charge in [0.25, 0.3) is 0 Å². The number of fused-ring (bicyclic) bond motifs is 1. The number of esters is 1. The van der Waals surface area contributed by atoms with Crippen LogP contribution in [0.4, 0.5) is 5.69 Å². The molecule has 0 N–H and O–H groups in total. The third kappa shape index (κ3) is 2.50. The largest absolute Gasteiger partial charge is 0.464 e. The monoisotopic (exact) mass is 247 g/mol.